The molecule has 0 bridgehead atoms. The lowest BCUT2D eigenvalue weighted by atomic mass is 9.99. The summed E-state index contributed by atoms with van der Waals surface area (Å²) in [6.45, 7) is 32.7. The largest absolute Gasteiger partial charge is 0.508 e. The highest BCUT2D eigenvalue weighted by Crippen LogP contribution is 2.36. The van der Waals surface area contributed by atoms with E-state index in [1.807, 2.05) is 72.7 Å². The van der Waals surface area contributed by atoms with Gasteiger partial charge in [0, 0.05) is 41.1 Å². The van der Waals surface area contributed by atoms with Gasteiger partial charge in [0.25, 0.3) is 0 Å². The molecule has 1 aliphatic heterocycles. The van der Waals surface area contributed by atoms with Crippen molar-refractivity contribution in [2.45, 2.75) is 185 Å². The molecule has 82 heavy (non-hydrogen) atoms. The molecular weight excluding hydrogens is 1040 g/mol. The van der Waals surface area contributed by atoms with E-state index in [4.69, 9.17) is 43.1 Å². The molecule has 2 aliphatic rings. The molecule has 0 radical (unpaired) electrons. The number of carbonyl (C=O) groups excluding carboxylic acids is 3. The molecule has 5 aromatic carbocycles. The molecule has 1 aliphatic carbocycles. The molecule has 0 atom stereocenters. The minimum absolute atomic E-state index is 0.0943. The number of phenols is 3. The first-order valence-electron chi connectivity index (χ1n) is 28.8. The fourth-order valence-corrected chi connectivity index (χ4v) is 7.66. The lowest BCUT2D eigenvalue weighted by Crippen LogP contribution is -2.33. The Kier molecular flexibility index (Phi) is 33.4. The van der Waals surface area contributed by atoms with Gasteiger partial charge in [-0.15, -0.1) is 0 Å². The molecule has 448 valence electrons. The first-order chi connectivity index (χ1) is 39.0. The molecule has 0 spiro atoms. The zero-order chi connectivity index (χ0) is 62.0. The van der Waals surface area contributed by atoms with Crippen molar-refractivity contribution in [3.8, 4) is 28.7 Å². The topological polar surface area (TPSA) is 209 Å². The Bertz CT molecular complexity index is 2970. The molecule has 3 N–H and O–H groups in total. The number of carbonyl (C=O) groups is 3. The lowest BCUT2D eigenvalue weighted by molar-refractivity contribution is -0.163. The highest BCUT2D eigenvalue weighted by atomic mass is 16.6. The van der Waals surface area contributed by atoms with E-state index < -0.39 is 23.2 Å². The number of ether oxygens (including phenoxy) is 4. The molecular formula is C68H92O14. The van der Waals surface area contributed by atoms with Gasteiger partial charge >= 0.3 is 29.2 Å². The van der Waals surface area contributed by atoms with Crippen LogP contribution in [0.25, 0.3) is 21.9 Å². The number of benzene rings is 5. The first kappa shape index (κ1) is 72.1. The number of fused-ring (bicyclic) bond motifs is 3. The van der Waals surface area contributed by atoms with Crippen molar-refractivity contribution in [1.29, 1.82) is 0 Å². The summed E-state index contributed by atoms with van der Waals surface area (Å²) in [4.78, 5) is 56.3. The molecule has 2 aromatic heterocycles. The van der Waals surface area contributed by atoms with Gasteiger partial charge in [-0.2, -0.15) is 0 Å². The summed E-state index contributed by atoms with van der Waals surface area (Å²) < 4.78 is 30.9. The summed E-state index contributed by atoms with van der Waals surface area (Å²) in [5.74, 6) is 1.57. The summed E-state index contributed by atoms with van der Waals surface area (Å²) in [7, 11) is 0. The van der Waals surface area contributed by atoms with Gasteiger partial charge in [0.05, 0.1) is 12.0 Å². The van der Waals surface area contributed by atoms with Crippen molar-refractivity contribution < 1.29 is 57.5 Å². The molecule has 0 unspecified atom stereocenters. The quantitative estimate of drug-likeness (QED) is 0.0735. The Balaban J connectivity index is 0.000000505. The first-order valence-corrected chi connectivity index (χ1v) is 28.8. The van der Waals surface area contributed by atoms with Crippen LogP contribution in [0.4, 0.5) is 0 Å². The van der Waals surface area contributed by atoms with Crippen molar-refractivity contribution in [2.24, 2.45) is 0 Å². The number of aromatic hydroxyl groups is 3. The minimum Gasteiger partial charge on any atom is -0.508 e. The Morgan fingerprint density at radius 2 is 1.01 bits per heavy atom. The van der Waals surface area contributed by atoms with Gasteiger partial charge < -0.3 is 43.1 Å². The maximum Gasteiger partial charge on any atom is 0.344 e. The second-order valence-corrected chi connectivity index (χ2v) is 19.9. The van der Waals surface area contributed by atoms with E-state index in [1.54, 1.807) is 60.7 Å². The van der Waals surface area contributed by atoms with Crippen LogP contribution >= 0.6 is 0 Å². The number of esters is 3. The Morgan fingerprint density at radius 1 is 0.585 bits per heavy atom. The number of aryl methyl sites for hydroxylation is 1. The molecule has 14 nitrogen and oxygen atoms in total. The second-order valence-electron chi connectivity index (χ2n) is 19.9. The number of hydrogen-bond acceptors (Lipinski definition) is 14. The highest BCUT2D eigenvalue weighted by Gasteiger charge is 2.36. The summed E-state index contributed by atoms with van der Waals surface area (Å²) in [6.07, 6.45) is 7.17. The second kappa shape index (κ2) is 37.9. The molecule has 3 heterocycles. The molecule has 9 rings (SSSR count). The average molecular weight is 1130 g/mol. The Morgan fingerprint density at radius 3 is 1.45 bits per heavy atom. The van der Waals surface area contributed by atoms with Crippen molar-refractivity contribution in [3.63, 3.8) is 0 Å². The summed E-state index contributed by atoms with van der Waals surface area (Å²) in [5, 5.41) is 28.8. The monoisotopic (exact) mass is 1130 g/mol. The average Bonchev–Trinajstić information content (AvgIpc) is 4.05. The van der Waals surface area contributed by atoms with Gasteiger partial charge in [0.15, 0.2) is 6.61 Å². The van der Waals surface area contributed by atoms with Crippen LogP contribution in [0.5, 0.6) is 28.7 Å². The number of hydrogen-bond donors (Lipinski definition) is 3. The van der Waals surface area contributed by atoms with E-state index in [9.17, 15) is 24.0 Å². The molecule has 1 saturated carbocycles. The van der Waals surface area contributed by atoms with Gasteiger partial charge in [0.2, 0.25) is 0 Å². The summed E-state index contributed by atoms with van der Waals surface area (Å²) >= 11 is 0. The molecule has 7 aromatic rings. The molecule has 0 amide bonds. The van der Waals surface area contributed by atoms with E-state index in [1.165, 1.54) is 42.3 Å². The lowest BCUT2D eigenvalue weighted by Gasteiger charge is -2.27. The standard InChI is InChI=1S/C19H26O4.C13H20O.C9H8O3.2C9H6O3.C3H8.3C2H6/c1-4-19(11-5-6-12-19)23-17(20)13-22-18(21)16-9-7-15(8-10-16)14(2)3;1-10(2)11-6-8-12(9-7-11)14-13(3,4)5;3*10-7-3-1-6-2-4-9(11)12-8(6)5-7;1-3-2;3*1-2/h7-10,14H,4-6,11-13H2,1-3H3;6-10H,1-5H3;1,3,5,10H,2,4H2;2*1-5,10H;3H2,1-2H3;3*1-2H3. The SMILES string of the molecule is CC.CC.CC.CC(C)c1ccc(OC(C)(C)C)cc1.CCC.CCC1(OC(=O)COC(=O)c2ccc(C(C)C)cc2)CCCC1.O=C1CCc2ccc(O)cc2O1.O=c1ccc2ccc(O)cc2o1.O=c1ccc2ccc(O)cc2o1. The fraction of sp³-hybridized carbons (Fsp3) is 0.426. The van der Waals surface area contributed by atoms with E-state index in [0.717, 1.165) is 59.8 Å². The van der Waals surface area contributed by atoms with Crippen LogP contribution in [0.15, 0.2) is 146 Å². The normalized spacial score (nSPS) is 12.3. The predicted molar refractivity (Wildman–Crippen MR) is 330 cm³/mol. The van der Waals surface area contributed by atoms with Crippen LogP contribution < -0.4 is 20.7 Å². The van der Waals surface area contributed by atoms with Gasteiger partial charge in [-0.05, 0) is 155 Å². The Hall–Kier alpha value is -7.87. The van der Waals surface area contributed by atoms with Crippen LogP contribution in [0.2, 0.25) is 0 Å². The Labute approximate surface area is 486 Å². The third kappa shape index (κ3) is 26.6. The van der Waals surface area contributed by atoms with Crippen LogP contribution in [-0.4, -0.2) is 51.0 Å². The van der Waals surface area contributed by atoms with E-state index in [-0.39, 0.29) is 41.0 Å². The molecule has 0 saturated heterocycles. The van der Waals surface area contributed by atoms with Crippen LogP contribution in [-0.2, 0) is 25.5 Å². The van der Waals surface area contributed by atoms with Crippen molar-refractivity contribution >= 4 is 39.8 Å². The maximum absolute atomic E-state index is 12.0. The zero-order valence-corrected chi connectivity index (χ0v) is 51.5. The minimum atomic E-state index is -0.491. The van der Waals surface area contributed by atoms with Crippen LogP contribution in [0, 0.1) is 0 Å². The van der Waals surface area contributed by atoms with E-state index >= 15 is 0 Å². The summed E-state index contributed by atoms with van der Waals surface area (Å²) in [5.41, 5.74) is 3.48. The van der Waals surface area contributed by atoms with E-state index in [0.29, 0.717) is 47.2 Å². The molecule has 14 heteroatoms. The maximum atomic E-state index is 12.0. The summed E-state index contributed by atoms with van der Waals surface area (Å²) in [6, 6.07) is 35.7. The third-order valence-corrected chi connectivity index (χ3v) is 11.7. The van der Waals surface area contributed by atoms with Crippen LogP contribution in [0.1, 0.15) is 195 Å². The number of rotatable bonds is 8. The zero-order valence-electron chi connectivity index (χ0n) is 51.5. The van der Waals surface area contributed by atoms with Crippen LogP contribution in [0.3, 0.4) is 0 Å². The predicted octanol–water partition coefficient (Wildman–Crippen LogP) is 17.0. The third-order valence-electron chi connectivity index (χ3n) is 11.7. The van der Waals surface area contributed by atoms with Gasteiger partial charge in [0.1, 0.15) is 51.1 Å². The smallest absolute Gasteiger partial charge is 0.344 e. The van der Waals surface area contributed by atoms with E-state index in [2.05, 4.69) is 74.4 Å². The fourth-order valence-electron chi connectivity index (χ4n) is 7.66. The van der Waals surface area contributed by atoms with Crippen molar-refractivity contribution in [2.75, 3.05) is 6.61 Å². The highest BCUT2D eigenvalue weighted by molar-refractivity contribution is 5.90. The number of phenolic OH excluding ortho intramolecular Hbond substituents is 3. The molecule has 1 fully saturated rings. The van der Waals surface area contributed by atoms with Gasteiger partial charge in [-0.25, -0.2) is 19.2 Å². The van der Waals surface area contributed by atoms with Gasteiger partial charge in [-0.1, -0.05) is 127 Å². The van der Waals surface area contributed by atoms with Gasteiger partial charge in [-0.3, -0.25) is 4.79 Å². The van der Waals surface area contributed by atoms with Crippen molar-refractivity contribution in [3.05, 3.63) is 170 Å². The van der Waals surface area contributed by atoms with Crippen molar-refractivity contribution in [1.82, 2.24) is 0 Å².